The average Bonchev–Trinajstić information content (AvgIpc) is 2.75. The molecule has 0 radical (unpaired) electrons. The van der Waals surface area contributed by atoms with Gasteiger partial charge in [-0.2, -0.15) is 13.2 Å². The van der Waals surface area contributed by atoms with Crippen LogP contribution in [0.4, 0.5) is 22.0 Å². The van der Waals surface area contributed by atoms with E-state index < -0.39 is 29.3 Å². The van der Waals surface area contributed by atoms with Gasteiger partial charge in [0, 0.05) is 11.5 Å². The third-order valence-corrected chi connectivity index (χ3v) is 6.74. The molecule has 1 atom stereocenters. The number of fused-ring (bicyclic) bond motifs is 1. The van der Waals surface area contributed by atoms with Gasteiger partial charge < -0.3 is 4.74 Å². The molecule has 1 aromatic carbocycles. The van der Waals surface area contributed by atoms with Gasteiger partial charge in [0.2, 0.25) is 0 Å². The Kier molecular flexibility index (Phi) is 8.03. The molecule has 174 valence electrons. The molecule has 0 saturated heterocycles. The molecule has 1 nitrogen and oxygen atoms in total. The maximum atomic E-state index is 15.0. The molecule has 1 saturated carbocycles. The molecule has 1 unspecified atom stereocenters. The predicted octanol–water partition coefficient (Wildman–Crippen LogP) is 8.80. The summed E-state index contributed by atoms with van der Waals surface area (Å²) in [6.07, 6.45) is 3.61. The van der Waals surface area contributed by atoms with Gasteiger partial charge in [0.05, 0.1) is 11.7 Å². The van der Waals surface area contributed by atoms with Gasteiger partial charge in [-0.3, -0.25) is 0 Å². The van der Waals surface area contributed by atoms with Crippen LogP contribution in [0.25, 0.3) is 5.83 Å². The maximum absolute atomic E-state index is 15.0. The number of benzene rings is 1. The summed E-state index contributed by atoms with van der Waals surface area (Å²) in [6, 6.07) is 2.06. The molecule has 3 rings (SSSR count). The van der Waals surface area contributed by atoms with Crippen molar-refractivity contribution in [3.05, 3.63) is 34.6 Å². The van der Waals surface area contributed by atoms with Crippen LogP contribution in [0.2, 0.25) is 0 Å². The molecule has 1 aliphatic carbocycles. The van der Waals surface area contributed by atoms with Crippen LogP contribution in [-0.2, 0) is 12.6 Å². The highest BCUT2D eigenvalue weighted by Gasteiger charge is 2.39. The van der Waals surface area contributed by atoms with Crippen molar-refractivity contribution in [2.24, 2.45) is 11.8 Å². The Morgan fingerprint density at radius 1 is 0.968 bits per heavy atom. The summed E-state index contributed by atoms with van der Waals surface area (Å²) in [5.41, 5.74) is -1.02. The Balaban J connectivity index is 1.85. The second-order valence-electron chi connectivity index (χ2n) is 9.10. The molecule has 0 aromatic heterocycles. The van der Waals surface area contributed by atoms with E-state index in [-0.39, 0.29) is 17.4 Å². The number of aryl methyl sites for hydroxylation is 1. The van der Waals surface area contributed by atoms with Crippen molar-refractivity contribution in [1.82, 2.24) is 0 Å². The first kappa shape index (κ1) is 24.1. The monoisotopic (exact) mass is 444 g/mol. The largest absolute Gasteiger partial charge is 0.489 e. The summed E-state index contributed by atoms with van der Waals surface area (Å²) in [5, 5.41) is 0. The van der Waals surface area contributed by atoms with E-state index in [9.17, 15) is 17.6 Å². The Labute approximate surface area is 182 Å². The van der Waals surface area contributed by atoms with Crippen LogP contribution in [0.15, 0.2) is 18.0 Å². The fourth-order valence-electron chi connectivity index (χ4n) is 4.93. The fraction of sp³-hybridized carbons (Fsp3) is 0.680. The van der Waals surface area contributed by atoms with Crippen LogP contribution in [0.1, 0.15) is 94.7 Å². The third-order valence-electron chi connectivity index (χ3n) is 6.74. The Bertz CT molecular complexity index is 775. The maximum Gasteiger partial charge on any atom is 0.419 e. The van der Waals surface area contributed by atoms with E-state index in [0.29, 0.717) is 43.6 Å². The molecule has 6 heteroatoms. The van der Waals surface area contributed by atoms with E-state index in [0.717, 1.165) is 44.6 Å². The Morgan fingerprint density at radius 2 is 1.68 bits per heavy atom. The van der Waals surface area contributed by atoms with E-state index in [2.05, 4.69) is 6.92 Å². The molecule has 0 spiro atoms. The standard InChI is InChI=1S/C25H33F5O/c1-3-5-7-16-8-10-17(11-9-16)22(26)23(27)19-14-18-12-13-20(6-4-2)31-24(18)21(15-19)25(28,29)30/h14-17,20H,3-13H2,1-2H3/b23-22+. The zero-order chi connectivity index (χ0) is 22.6. The van der Waals surface area contributed by atoms with Crippen molar-refractivity contribution < 1.29 is 26.7 Å². The Morgan fingerprint density at radius 3 is 2.29 bits per heavy atom. The van der Waals surface area contributed by atoms with Crippen LogP contribution in [0, 0.1) is 11.8 Å². The summed E-state index contributed by atoms with van der Waals surface area (Å²) >= 11 is 0. The van der Waals surface area contributed by atoms with E-state index in [1.165, 1.54) is 6.07 Å². The van der Waals surface area contributed by atoms with Gasteiger partial charge in [-0.05, 0) is 68.6 Å². The SMILES string of the molecule is CCCCC1CCC(/C(F)=C(\F)c2cc3c(c(C(F)(F)F)c2)OC(CCC)CC3)CC1. The average molecular weight is 445 g/mol. The Hall–Kier alpha value is -1.59. The summed E-state index contributed by atoms with van der Waals surface area (Å²) in [5.74, 6) is -2.27. The molecule has 1 aromatic rings. The molecule has 0 N–H and O–H groups in total. The van der Waals surface area contributed by atoms with E-state index in [4.69, 9.17) is 4.74 Å². The first-order valence-electron chi connectivity index (χ1n) is 11.7. The quantitative estimate of drug-likeness (QED) is 0.382. The normalized spacial score (nSPS) is 24.9. The lowest BCUT2D eigenvalue weighted by Gasteiger charge is -2.29. The van der Waals surface area contributed by atoms with Crippen LogP contribution >= 0.6 is 0 Å². The minimum Gasteiger partial charge on any atom is -0.489 e. The number of alkyl halides is 3. The molecule has 2 aliphatic rings. The van der Waals surface area contributed by atoms with E-state index in [1.54, 1.807) is 0 Å². The number of rotatable bonds is 7. The molecule has 1 aliphatic heterocycles. The predicted molar refractivity (Wildman–Crippen MR) is 113 cm³/mol. The lowest BCUT2D eigenvalue weighted by Crippen LogP contribution is -2.25. The number of unbranched alkanes of at least 4 members (excludes halogenated alkanes) is 1. The van der Waals surface area contributed by atoms with Crippen molar-refractivity contribution in [3.8, 4) is 5.75 Å². The van der Waals surface area contributed by atoms with Crippen molar-refractivity contribution in [3.63, 3.8) is 0 Å². The van der Waals surface area contributed by atoms with E-state index in [1.807, 2.05) is 6.92 Å². The van der Waals surface area contributed by atoms with Crippen molar-refractivity contribution in [2.75, 3.05) is 0 Å². The molecule has 1 heterocycles. The second kappa shape index (κ2) is 10.4. The second-order valence-corrected chi connectivity index (χ2v) is 9.10. The number of hydrogen-bond acceptors (Lipinski definition) is 1. The van der Waals surface area contributed by atoms with Gasteiger partial charge in [-0.25, -0.2) is 8.78 Å². The number of allylic oxidation sites excluding steroid dienone is 1. The number of hydrogen-bond donors (Lipinski definition) is 0. The highest BCUT2D eigenvalue weighted by Crippen LogP contribution is 2.45. The highest BCUT2D eigenvalue weighted by molar-refractivity contribution is 5.65. The zero-order valence-corrected chi connectivity index (χ0v) is 18.5. The molecule has 1 fully saturated rings. The smallest absolute Gasteiger partial charge is 0.419 e. The highest BCUT2D eigenvalue weighted by atomic mass is 19.4. The summed E-state index contributed by atoms with van der Waals surface area (Å²) in [6.45, 7) is 4.08. The first-order valence-corrected chi connectivity index (χ1v) is 11.7. The summed E-state index contributed by atoms with van der Waals surface area (Å²) in [4.78, 5) is 0. The fourth-order valence-corrected chi connectivity index (χ4v) is 4.93. The number of halogens is 5. The first-order chi connectivity index (χ1) is 14.7. The molecular weight excluding hydrogens is 411 g/mol. The van der Waals surface area contributed by atoms with Gasteiger partial charge in [-0.1, -0.05) is 39.5 Å². The van der Waals surface area contributed by atoms with Crippen LogP contribution < -0.4 is 4.74 Å². The zero-order valence-electron chi connectivity index (χ0n) is 18.5. The third kappa shape index (κ3) is 5.81. The van der Waals surface area contributed by atoms with Crippen molar-refractivity contribution in [2.45, 2.75) is 96.8 Å². The lowest BCUT2D eigenvalue weighted by atomic mass is 9.79. The topological polar surface area (TPSA) is 9.23 Å². The van der Waals surface area contributed by atoms with Gasteiger partial charge >= 0.3 is 6.18 Å². The van der Waals surface area contributed by atoms with Gasteiger partial charge in [-0.15, -0.1) is 0 Å². The van der Waals surface area contributed by atoms with Crippen LogP contribution in [-0.4, -0.2) is 6.10 Å². The van der Waals surface area contributed by atoms with E-state index >= 15 is 4.39 Å². The van der Waals surface area contributed by atoms with Gasteiger partial charge in [0.15, 0.2) is 5.83 Å². The van der Waals surface area contributed by atoms with Gasteiger partial charge in [0.25, 0.3) is 0 Å². The summed E-state index contributed by atoms with van der Waals surface area (Å²) < 4.78 is 76.8. The van der Waals surface area contributed by atoms with Gasteiger partial charge in [0.1, 0.15) is 11.6 Å². The summed E-state index contributed by atoms with van der Waals surface area (Å²) in [7, 11) is 0. The van der Waals surface area contributed by atoms with Crippen LogP contribution in [0.3, 0.4) is 0 Å². The molecule has 0 amide bonds. The molecule has 0 bridgehead atoms. The lowest BCUT2D eigenvalue weighted by molar-refractivity contribution is -0.139. The minimum atomic E-state index is -4.69. The van der Waals surface area contributed by atoms with Crippen LogP contribution in [0.5, 0.6) is 5.75 Å². The minimum absolute atomic E-state index is 0.217. The number of ether oxygens (including phenoxy) is 1. The van der Waals surface area contributed by atoms with Crippen molar-refractivity contribution >= 4 is 5.83 Å². The van der Waals surface area contributed by atoms with Crippen molar-refractivity contribution in [1.29, 1.82) is 0 Å². The molecule has 31 heavy (non-hydrogen) atoms. The molecular formula is C25H33F5O.